The zero-order valence-electron chi connectivity index (χ0n) is 9.56. The Hall–Kier alpha value is -1.72. The minimum Gasteiger partial charge on any atom is -0.478 e. The van der Waals surface area contributed by atoms with E-state index in [0.717, 1.165) is 0 Å². The predicted octanol–water partition coefficient (Wildman–Crippen LogP) is 4.18. The van der Waals surface area contributed by atoms with Crippen LogP contribution in [-0.4, -0.2) is 11.1 Å². The number of hydrogen-bond donors (Lipinski definition) is 2. The molecule has 0 atom stereocenters. The van der Waals surface area contributed by atoms with E-state index < -0.39 is 5.97 Å². The van der Waals surface area contributed by atoms with E-state index in [1.165, 1.54) is 12.1 Å². The van der Waals surface area contributed by atoms with Crippen molar-refractivity contribution < 1.29 is 14.6 Å². The maximum absolute atomic E-state index is 11.0. The van der Waals surface area contributed by atoms with E-state index in [1.807, 2.05) is 0 Å². The van der Waals surface area contributed by atoms with E-state index in [0.29, 0.717) is 21.0 Å². The third-order valence-corrected chi connectivity index (χ3v) is 3.23. The lowest BCUT2D eigenvalue weighted by Crippen LogP contribution is -2.02. The third kappa shape index (κ3) is 3.19. The number of anilines is 1. The Morgan fingerprint density at radius 1 is 1.26 bits per heavy atom. The Labute approximate surface area is 122 Å². The topological polar surface area (TPSA) is 72.5 Å². The summed E-state index contributed by atoms with van der Waals surface area (Å²) in [5.74, 6) is -0.182. The highest BCUT2D eigenvalue weighted by atomic mass is 79.9. The van der Waals surface area contributed by atoms with Crippen LogP contribution in [-0.2, 0) is 0 Å². The van der Waals surface area contributed by atoms with Gasteiger partial charge in [0.25, 0.3) is 0 Å². The van der Waals surface area contributed by atoms with Crippen LogP contribution in [0.4, 0.5) is 5.69 Å². The number of carboxylic acids is 1. The lowest BCUT2D eigenvalue weighted by Gasteiger charge is -2.09. The quantitative estimate of drug-likeness (QED) is 0.821. The SMILES string of the molecule is Nc1ccc(Oc2ccc(Cl)cc2Br)cc1C(=O)O. The fourth-order valence-corrected chi connectivity index (χ4v) is 2.23. The molecule has 0 saturated carbocycles. The second-order valence-corrected chi connectivity index (χ2v) is 5.02. The van der Waals surface area contributed by atoms with Gasteiger partial charge in [0, 0.05) is 10.7 Å². The normalized spacial score (nSPS) is 10.2. The molecule has 98 valence electrons. The molecule has 2 aromatic rings. The minimum atomic E-state index is -1.10. The van der Waals surface area contributed by atoms with Gasteiger partial charge in [0.15, 0.2) is 0 Å². The molecule has 4 nitrogen and oxygen atoms in total. The van der Waals surface area contributed by atoms with Crippen molar-refractivity contribution in [3.63, 3.8) is 0 Å². The number of hydrogen-bond acceptors (Lipinski definition) is 3. The summed E-state index contributed by atoms with van der Waals surface area (Å²) >= 11 is 9.14. The second kappa shape index (κ2) is 5.50. The molecular weight excluding hydrogens is 334 g/mol. The van der Waals surface area contributed by atoms with E-state index in [9.17, 15) is 4.79 Å². The molecule has 2 rings (SSSR count). The van der Waals surface area contributed by atoms with Crippen molar-refractivity contribution in [1.82, 2.24) is 0 Å². The van der Waals surface area contributed by atoms with Gasteiger partial charge in [0.2, 0.25) is 0 Å². The predicted molar refractivity (Wildman–Crippen MR) is 77.0 cm³/mol. The molecule has 0 fully saturated rings. The highest BCUT2D eigenvalue weighted by molar-refractivity contribution is 9.10. The van der Waals surface area contributed by atoms with E-state index in [-0.39, 0.29) is 11.3 Å². The molecule has 0 radical (unpaired) electrons. The van der Waals surface area contributed by atoms with Gasteiger partial charge in [-0.05, 0) is 52.3 Å². The van der Waals surface area contributed by atoms with Crippen molar-refractivity contribution in [2.24, 2.45) is 0 Å². The van der Waals surface area contributed by atoms with Crippen molar-refractivity contribution in [2.45, 2.75) is 0 Å². The fourth-order valence-electron chi connectivity index (χ4n) is 1.47. The molecule has 0 aromatic heterocycles. The number of carboxylic acid groups (broad SMARTS) is 1. The zero-order valence-corrected chi connectivity index (χ0v) is 11.9. The van der Waals surface area contributed by atoms with E-state index in [2.05, 4.69) is 15.9 Å². The van der Waals surface area contributed by atoms with Crippen molar-refractivity contribution in [1.29, 1.82) is 0 Å². The monoisotopic (exact) mass is 341 g/mol. The second-order valence-electron chi connectivity index (χ2n) is 3.73. The van der Waals surface area contributed by atoms with Gasteiger partial charge in [-0.2, -0.15) is 0 Å². The van der Waals surface area contributed by atoms with Crippen LogP contribution in [0.2, 0.25) is 5.02 Å². The molecule has 0 saturated heterocycles. The van der Waals surface area contributed by atoms with Gasteiger partial charge < -0.3 is 15.6 Å². The number of nitrogen functional groups attached to an aromatic ring is 1. The van der Waals surface area contributed by atoms with Gasteiger partial charge in [0.1, 0.15) is 11.5 Å². The molecular formula is C13H9BrClNO3. The van der Waals surface area contributed by atoms with E-state index >= 15 is 0 Å². The molecule has 0 unspecified atom stereocenters. The summed E-state index contributed by atoms with van der Waals surface area (Å²) in [7, 11) is 0. The lowest BCUT2D eigenvalue weighted by molar-refractivity contribution is 0.0697. The maximum Gasteiger partial charge on any atom is 0.337 e. The molecule has 0 spiro atoms. The summed E-state index contributed by atoms with van der Waals surface area (Å²) in [6.45, 7) is 0. The average Bonchev–Trinajstić information content (AvgIpc) is 2.34. The number of rotatable bonds is 3. The molecule has 0 heterocycles. The number of benzene rings is 2. The van der Waals surface area contributed by atoms with Crippen molar-refractivity contribution in [3.05, 3.63) is 51.5 Å². The Morgan fingerprint density at radius 2 is 2.00 bits per heavy atom. The van der Waals surface area contributed by atoms with Crippen LogP contribution >= 0.6 is 27.5 Å². The Bertz CT molecular complexity index is 646. The molecule has 2 aromatic carbocycles. The third-order valence-electron chi connectivity index (χ3n) is 2.38. The van der Waals surface area contributed by atoms with Gasteiger partial charge in [-0.25, -0.2) is 4.79 Å². The van der Waals surface area contributed by atoms with Crippen molar-refractivity contribution in [3.8, 4) is 11.5 Å². The Balaban J connectivity index is 2.33. The van der Waals surface area contributed by atoms with Gasteiger partial charge in [-0.3, -0.25) is 0 Å². The first kappa shape index (κ1) is 13.7. The van der Waals surface area contributed by atoms with Crippen LogP contribution in [0.25, 0.3) is 0 Å². The number of nitrogens with two attached hydrogens (primary N) is 1. The largest absolute Gasteiger partial charge is 0.478 e. The summed E-state index contributed by atoms with van der Waals surface area (Å²) < 4.78 is 6.26. The molecule has 0 aliphatic heterocycles. The maximum atomic E-state index is 11.0. The Morgan fingerprint density at radius 3 is 2.63 bits per heavy atom. The molecule has 6 heteroatoms. The first-order valence-corrected chi connectivity index (χ1v) is 6.40. The molecule has 0 aliphatic rings. The first-order valence-electron chi connectivity index (χ1n) is 5.23. The van der Waals surface area contributed by atoms with E-state index in [1.54, 1.807) is 24.3 Å². The van der Waals surface area contributed by atoms with Gasteiger partial charge in [0.05, 0.1) is 10.0 Å². The van der Waals surface area contributed by atoms with Crippen LogP contribution in [0.3, 0.4) is 0 Å². The van der Waals surface area contributed by atoms with E-state index in [4.69, 9.17) is 27.2 Å². The van der Waals surface area contributed by atoms with Crippen LogP contribution in [0.5, 0.6) is 11.5 Å². The molecule has 0 bridgehead atoms. The zero-order chi connectivity index (χ0) is 14.0. The average molecular weight is 343 g/mol. The van der Waals surface area contributed by atoms with Crippen LogP contribution in [0.1, 0.15) is 10.4 Å². The highest BCUT2D eigenvalue weighted by Crippen LogP contribution is 2.32. The number of carbonyl (C=O) groups is 1. The Kier molecular flexibility index (Phi) is 3.97. The number of halogens is 2. The first-order chi connectivity index (χ1) is 8.97. The summed E-state index contributed by atoms with van der Waals surface area (Å²) in [5.41, 5.74) is 5.76. The van der Waals surface area contributed by atoms with Crippen LogP contribution in [0, 0.1) is 0 Å². The van der Waals surface area contributed by atoms with Gasteiger partial charge in [-0.1, -0.05) is 11.6 Å². The number of ether oxygens (including phenoxy) is 1. The van der Waals surface area contributed by atoms with Crippen LogP contribution < -0.4 is 10.5 Å². The van der Waals surface area contributed by atoms with Gasteiger partial charge >= 0.3 is 5.97 Å². The summed E-state index contributed by atoms with van der Waals surface area (Å²) in [6.07, 6.45) is 0. The standard InChI is InChI=1S/C13H9BrClNO3/c14-10-5-7(15)1-4-12(10)19-8-2-3-11(16)9(6-8)13(17)18/h1-6H,16H2,(H,17,18). The van der Waals surface area contributed by atoms with Gasteiger partial charge in [-0.15, -0.1) is 0 Å². The fraction of sp³-hybridized carbons (Fsp3) is 0. The molecule has 0 aliphatic carbocycles. The van der Waals surface area contributed by atoms with Crippen molar-refractivity contribution >= 4 is 39.2 Å². The summed E-state index contributed by atoms with van der Waals surface area (Å²) in [4.78, 5) is 11.0. The molecule has 0 amide bonds. The highest BCUT2D eigenvalue weighted by Gasteiger charge is 2.10. The van der Waals surface area contributed by atoms with Crippen molar-refractivity contribution in [2.75, 3.05) is 5.73 Å². The summed E-state index contributed by atoms with van der Waals surface area (Å²) in [5, 5.41) is 9.56. The minimum absolute atomic E-state index is 0.00239. The molecule has 3 N–H and O–H groups in total. The lowest BCUT2D eigenvalue weighted by atomic mass is 10.2. The summed E-state index contributed by atoms with van der Waals surface area (Å²) in [6, 6.07) is 9.51. The smallest absolute Gasteiger partial charge is 0.337 e. The van der Waals surface area contributed by atoms with Crippen LogP contribution in [0.15, 0.2) is 40.9 Å². The number of aromatic carboxylic acids is 1. The molecule has 19 heavy (non-hydrogen) atoms.